The quantitative estimate of drug-likeness (QED) is 0.666. The van der Waals surface area contributed by atoms with E-state index in [9.17, 15) is 9.59 Å². The minimum Gasteiger partial charge on any atom is -0.353 e. The second kappa shape index (κ2) is 8.61. The van der Waals surface area contributed by atoms with Gasteiger partial charge >= 0.3 is 0 Å². The zero-order valence-corrected chi connectivity index (χ0v) is 17.3. The molecule has 4 rings (SSSR count). The summed E-state index contributed by atoms with van der Waals surface area (Å²) in [4.78, 5) is 30.2. The Hall–Kier alpha value is -2.93. The number of benzene rings is 1. The number of hydrogen-bond donors (Lipinski definition) is 0. The highest BCUT2D eigenvalue weighted by Gasteiger charge is 2.21. The van der Waals surface area contributed by atoms with Crippen LogP contribution in [0.1, 0.15) is 16.9 Å². The Morgan fingerprint density at radius 3 is 2.62 bits per heavy atom. The summed E-state index contributed by atoms with van der Waals surface area (Å²) >= 11 is 1.62. The van der Waals surface area contributed by atoms with Gasteiger partial charge < -0.3 is 9.80 Å². The SMILES string of the molecule is Cc1ccc(-n2nc(N3CCCN(C(=O)Cc4cccs4)CC3)ccc2=O)cc1. The maximum atomic E-state index is 12.6. The first kappa shape index (κ1) is 19.4. The van der Waals surface area contributed by atoms with Gasteiger partial charge in [0.15, 0.2) is 0 Å². The first-order valence-electron chi connectivity index (χ1n) is 9.83. The molecule has 3 heterocycles. The van der Waals surface area contributed by atoms with E-state index in [1.54, 1.807) is 23.5 Å². The zero-order valence-electron chi connectivity index (χ0n) is 16.5. The number of amides is 1. The van der Waals surface area contributed by atoms with Crippen LogP contribution in [0, 0.1) is 6.92 Å². The van der Waals surface area contributed by atoms with E-state index in [0.29, 0.717) is 19.5 Å². The van der Waals surface area contributed by atoms with Crippen molar-refractivity contribution in [1.82, 2.24) is 14.7 Å². The monoisotopic (exact) mass is 408 g/mol. The molecule has 0 radical (unpaired) electrons. The second-order valence-corrected chi connectivity index (χ2v) is 8.29. The van der Waals surface area contributed by atoms with Crippen molar-refractivity contribution in [3.63, 3.8) is 0 Å². The number of aryl methyl sites for hydroxylation is 1. The number of aromatic nitrogens is 2. The van der Waals surface area contributed by atoms with Crippen molar-refractivity contribution >= 4 is 23.1 Å². The molecule has 3 aromatic rings. The maximum Gasteiger partial charge on any atom is 0.271 e. The topological polar surface area (TPSA) is 58.4 Å². The molecule has 1 aromatic carbocycles. The zero-order chi connectivity index (χ0) is 20.2. The van der Waals surface area contributed by atoms with E-state index in [4.69, 9.17) is 0 Å². The fraction of sp³-hybridized carbons (Fsp3) is 0.318. The summed E-state index contributed by atoms with van der Waals surface area (Å²) in [5.74, 6) is 0.935. The fourth-order valence-corrected chi connectivity index (χ4v) is 4.21. The van der Waals surface area contributed by atoms with Gasteiger partial charge in [0, 0.05) is 37.1 Å². The Morgan fingerprint density at radius 2 is 1.86 bits per heavy atom. The summed E-state index contributed by atoms with van der Waals surface area (Å²) in [6.07, 6.45) is 1.34. The third-order valence-corrected chi connectivity index (χ3v) is 6.02. The number of anilines is 1. The molecule has 0 saturated carbocycles. The highest BCUT2D eigenvalue weighted by molar-refractivity contribution is 7.10. The van der Waals surface area contributed by atoms with Crippen molar-refractivity contribution < 1.29 is 4.79 Å². The molecule has 150 valence electrons. The standard InChI is InChI=1S/C22H24N4O2S/c1-17-5-7-18(8-6-17)26-21(27)10-9-20(23-26)24-11-3-12-25(14-13-24)22(28)16-19-4-2-15-29-19/h2,4-10,15H,3,11-14,16H2,1H3. The van der Waals surface area contributed by atoms with Crippen LogP contribution >= 0.6 is 11.3 Å². The first-order valence-corrected chi connectivity index (χ1v) is 10.7. The average Bonchev–Trinajstić information content (AvgIpc) is 3.10. The molecule has 1 aliphatic rings. The molecule has 0 spiro atoms. The van der Waals surface area contributed by atoms with E-state index in [1.165, 1.54) is 4.68 Å². The molecule has 1 saturated heterocycles. The van der Waals surface area contributed by atoms with Crippen LogP contribution in [0.4, 0.5) is 5.82 Å². The minimum absolute atomic E-state index is 0.153. The molecule has 2 aromatic heterocycles. The van der Waals surface area contributed by atoms with E-state index < -0.39 is 0 Å². The predicted molar refractivity (Wildman–Crippen MR) is 116 cm³/mol. The van der Waals surface area contributed by atoms with Gasteiger partial charge in [0.25, 0.3) is 5.56 Å². The molecule has 1 fully saturated rings. The average molecular weight is 409 g/mol. The van der Waals surface area contributed by atoms with E-state index >= 15 is 0 Å². The lowest BCUT2D eigenvalue weighted by molar-refractivity contribution is -0.130. The van der Waals surface area contributed by atoms with Crippen molar-refractivity contribution in [2.75, 3.05) is 31.1 Å². The summed E-state index contributed by atoms with van der Waals surface area (Å²) in [7, 11) is 0. The van der Waals surface area contributed by atoms with Gasteiger partial charge in [-0.3, -0.25) is 9.59 Å². The van der Waals surface area contributed by atoms with Gasteiger partial charge in [0.2, 0.25) is 5.91 Å². The summed E-state index contributed by atoms with van der Waals surface area (Å²) < 4.78 is 1.44. The third-order valence-electron chi connectivity index (χ3n) is 5.14. The molecular weight excluding hydrogens is 384 g/mol. The number of rotatable bonds is 4. The maximum absolute atomic E-state index is 12.6. The highest BCUT2D eigenvalue weighted by atomic mass is 32.1. The van der Waals surface area contributed by atoms with Crippen LogP contribution < -0.4 is 10.5 Å². The number of thiophene rings is 1. The van der Waals surface area contributed by atoms with Gasteiger partial charge in [-0.2, -0.15) is 4.68 Å². The van der Waals surface area contributed by atoms with Crippen molar-refractivity contribution in [3.8, 4) is 5.69 Å². The molecule has 0 atom stereocenters. The Balaban J connectivity index is 1.48. The molecule has 0 bridgehead atoms. The van der Waals surface area contributed by atoms with Crippen LogP contribution in [-0.2, 0) is 11.2 Å². The second-order valence-electron chi connectivity index (χ2n) is 7.25. The first-order chi connectivity index (χ1) is 14.1. The number of carbonyl (C=O) groups excluding carboxylic acids is 1. The van der Waals surface area contributed by atoms with Gasteiger partial charge in [0.1, 0.15) is 5.82 Å². The highest BCUT2D eigenvalue weighted by Crippen LogP contribution is 2.16. The van der Waals surface area contributed by atoms with Crippen molar-refractivity contribution in [2.24, 2.45) is 0 Å². The number of hydrogen-bond acceptors (Lipinski definition) is 5. The molecular formula is C22H24N4O2S. The molecule has 1 amide bonds. The summed E-state index contributed by atoms with van der Waals surface area (Å²) in [6, 6.07) is 15.1. The lowest BCUT2D eigenvalue weighted by Gasteiger charge is -2.23. The Kier molecular flexibility index (Phi) is 5.76. The molecule has 0 aliphatic carbocycles. The Bertz CT molecular complexity index is 1030. The molecule has 29 heavy (non-hydrogen) atoms. The summed E-state index contributed by atoms with van der Waals surface area (Å²) in [5, 5.41) is 6.60. The van der Waals surface area contributed by atoms with Crippen molar-refractivity contribution in [2.45, 2.75) is 19.8 Å². The van der Waals surface area contributed by atoms with Crippen LogP contribution in [-0.4, -0.2) is 46.8 Å². The largest absolute Gasteiger partial charge is 0.353 e. The van der Waals surface area contributed by atoms with Crippen LogP contribution in [0.3, 0.4) is 0 Å². The predicted octanol–water partition coefficient (Wildman–Crippen LogP) is 2.88. The van der Waals surface area contributed by atoms with Crippen molar-refractivity contribution in [3.05, 3.63) is 74.7 Å². The molecule has 6 nitrogen and oxygen atoms in total. The smallest absolute Gasteiger partial charge is 0.271 e. The van der Waals surface area contributed by atoms with Crippen LogP contribution in [0.2, 0.25) is 0 Å². The van der Waals surface area contributed by atoms with E-state index in [1.807, 2.05) is 53.6 Å². The molecule has 1 aliphatic heterocycles. The van der Waals surface area contributed by atoms with E-state index in [0.717, 1.165) is 41.5 Å². The molecule has 7 heteroatoms. The molecule has 0 N–H and O–H groups in total. The minimum atomic E-state index is -0.153. The van der Waals surface area contributed by atoms with Crippen LogP contribution in [0.5, 0.6) is 0 Å². The Labute approximate surface area is 174 Å². The fourth-order valence-electron chi connectivity index (χ4n) is 3.51. The molecule has 0 unspecified atom stereocenters. The lowest BCUT2D eigenvalue weighted by Crippen LogP contribution is -2.36. The van der Waals surface area contributed by atoms with Crippen molar-refractivity contribution in [1.29, 1.82) is 0 Å². The van der Waals surface area contributed by atoms with E-state index in [2.05, 4.69) is 10.00 Å². The van der Waals surface area contributed by atoms with Gasteiger partial charge in [-0.05, 0) is 43.0 Å². The van der Waals surface area contributed by atoms with Crippen LogP contribution in [0.25, 0.3) is 5.69 Å². The van der Waals surface area contributed by atoms with E-state index in [-0.39, 0.29) is 11.5 Å². The summed E-state index contributed by atoms with van der Waals surface area (Å²) in [6.45, 7) is 4.93. The van der Waals surface area contributed by atoms with Gasteiger partial charge in [-0.25, -0.2) is 0 Å². The number of nitrogens with zero attached hydrogens (tertiary/aromatic N) is 4. The van der Waals surface area contributed by atoms with Crippen LogP contribution in [0.15, 0.2) is 58.7 Å². The Morgan fingerprint density at radius 1 is 1.03 bits per heavy atom. The number of carbonyl (C=O) groups is 1. The lowest BCUT2D eigenvalue weighted by atomic mass is 10.2. The normalized spacial score (nSPS) is 14.7. The summed E-state index contributed by atoms with van der Waals surface area (Å²) in [5.41, 5.74) is 1.74. The van der Waals surface area contributed by atoms with Gasteiger partial charge in [-0.1, -0.05) is 23.8 Å². The van der Waals surface area contributed by atoms with Gasteiger partial charge in [-0.15, -0.1) is 16.4 Å². The van der Waals surface area contributed by atoms with Gasteiger partial charge in [0.05, 0.1) is 12.1 Å². The third kappa shape index (κ3) is 4.56.